The number of hydrogen-bond acceptors (Lipinski definition) is 4. The van der Waals surface area contributed by atoms with Crippen molar-refractivity contribution in [3.05, 3.63) is 59.7 Å². The Balaban J connectivity index is 2.27. The van der Waals surface area contributed by atoms with Crippen LogP contribution in [-0.2, 0) is 16.6 Å². The van der Waals surface area contributed by atoms with E-state index in [9.17, 15) is 8.42 Å². The van der Waals surface area contributed by atoms with Crippen LogP contribution in [-0.4, -0.2) is 26.9 Å². The van der Waals surface area contributed by atoms with Gasteiger partial charge in [0.05, 0.1) is 17.6 Å². The minimum atomic E-state index is -3.72. The van der Waals surface area contributed by atoms with Gasteiger partial charge in [0.25, 0.3) is 0 Å². The van der Waals surface area contributed by atoms with E-state index in [0.29, 0.717) is 5.75 Å². The molecule has 0 saturated carbocycles. The molecule has 0 fully saturated rings. The number of ether oxygens (including phenoxy) is 1. The van der Waals surface area contributed by atoms with E-state index < -0.39 is 10.0 Å². The first-order valence-corrected chi connectivity index (χ1v) is 8.01. The topological polar surface area (TPSA) is 70.4 Å². The predicted molar refractivity (Wildman–Crippen MR) is 82.8 cm³/mol. The highest BCUT2D eigenvalue weighted by Gasteiger charge is 2.23. The van der Waals surface area contributed by atoms with Crippen molar-refractivity contribution in [2.45, 2.75) is 11.4 Å². The summed E-state index contributed by atoms with van der Waals surface area (Å²) in [6, 6.07) is 15.3. The predicted octanol–water partition coefficient (Wildman–Crippen LogP) is 2.39. The highest BCUT2D eigenvalue weighted by Crippen LogP contribution is 2.21. The van der Waals surface area contributed by atoms with Gasteiger partial charge in [-0.25, -0.2) is 8.42 Å². The van der Waals surface area contributed by atoms with Crippen LogP contribution >= 0.6 is 0 Å². The van der Waals surface area contributed by atoms with Crippen LogP contribution in [0.3, 0.4) is 0 Å². The first kappa shape index (κ1) is 16.0. The van der Waals surface area contributed by atoms with E-state index >= 15 is 0 Å². The molecule has 0 heterocycles. The maximum absolute atomic E-state index is 12.6. The number of rotatable bonds is 5. The van der Waals surface area contributed by atoms with Crippen LogP contribution in [0.25, 0.3) is 0 Å². The standard InChI is InChI=1S/C16H16N2O3S/c1-18(12-13-7-9-15(21-2)10-8-13)22(19,20)16-6-4-3-5-14(16)11-17/h3-10H,12H2,1-2H3. The van der Waals surface area contributed by atoms with E-state index in [1.54, 1.807) is 43.5 Å². The second kappa shape index (κ2) is 6.60. The summed E-state index contributed by atoms with van der Waals surface area (Å²) in [6.45, 7) is 0.214. The molecule has 22 heavy (non-hydrogen) atoms. The summed E-state index contributed by atoms with van der Waals surface area (Å²) < 4.78 is 31.5. The maximum Gasteiger partial charge on any atom is 0.244 e. The van der Waals surface area contributed by atoms with Gasteiger partial charge in [-0.15, -0.1) is 0 Å². The number of benzene rings is 2. The molecular weight excluding hydrogens is 300 g/mol. The van der Waals surface area contributed by atoms with Crippen LogP contribution in [0.1, 0.15) is 11.1 Å². The Morgan fingerprint density at radius 1 is 1.14 bits per heavy atom. The number of nitrogens with zero attached hydrogens (tertiary/aromatic N) is 2. The number of sulfonamides is 1. The van der Waals surface area contributed by atoms with Gasteiger partial charge in [-0.2, -0.15) is 9.57 Å². The molecule has 0 spiro atoms. The molecule has 0 radical (unpaired) electrons. The Morgan fingerprint density at radius 2 is 1.77 bits per heavy atom. The third-order valence-corrected chi connectivity index (χ3v) is 5.12. The van der Waals surface area contributed by atoms with E-state index in [1.807, 2.05) is 6.07 Å². The zero-order chi connectivity index (χ0) is 16.2. The molecule has 0 bridgehead atoms. The van der Waals surface area contributed by atoms with Crippen molar-refractivity contribution in [1.29, 1.82) is 5.26 Å². The normalized spacial score (nSPS) is 11.2. The lowest BCUT2D eigenvalue weighted by Crippen LogP contribution is -2.27. The molecule has 0 amide bonds. The van der Waals surface area contributed by atoms with Gasteiger partial charge in [-0.3, -0.25) is 0 Å². The van der Waals surface area contributed by atoms with Crippen molar-refractivity contribution >= 4 is 10.0 Å². The molecule has 0 unspecified atom stereocenters. The summed E-state index contributed by atoms with van der Waals surface area (Å²) in [4.78, 5) is 0.0218. The van der Waals surface area contributed by atoms with Crippen LogP contribution < -0.4 is 4.74 Å². The monoisotopic (exact) mass is 316 g/mol. The molecule has 0 aliphatic carbocycles. The van der Waals surface area contributed by atoms with Crippen LogP contribution in [0.5, 0.6) is 5.75 Å². The zero-order valence-electron chi connectivity index (χ0n) is 12.4. The summed E-state index contributed by atoms with van der Waals surface area (Å²) in [5, 5.41) is 9.06. The first-order valence-electron chi connectivity index (χ1n) is 6.57. The smallest absolute Gasteiger partial charge is 0.244 e. The number of methoxy groups -OCH3 is 1. The van der Waals surface area contributed by atoms with Crippen molar-refractivity contribution < 1.29 is 13.2 Å². The summed E-state index contributed by atoms with van der Waals surface area (Å²) in [5.41, 5.74) is 0.977. The van der Waals surface area contributed by atoms with Gasteiger partial charge >= 0.3 is 0 Å². The SMILES string of the molecule is COc1ccc(CN(C)S(=O)(=O)c2ccccc2C#N)cc1. The van der Waals surface area contributed by atoms with Crippen LogP contribution in [0.4, 0.5) is 0 Å². The van der Waals surface area contributed by atoms with Gasteiger partial charge in [-0.05, 0) is 29.8 Å². The molecule has 2 aromatic rings. The minimum Gasteiger partial charge on any atom is -0.497 e. The van der Waals surface area contributed by atoms with E-state index in [0.717, 1.165) is 5.56 Å². The summed E-state index contributed by atoms with van der Waals surface area (Å²) in [5.74, 6) is 0.712. The molecule has 0 aliphatic rings. The van der Waals surface area contributed by atoms with Gasteiger partial charge in [-0.1, -0.05) is 24.3 Å². The minimum absolute atomic E-state index is 0.0218. The van der Waals surface area contributed by atoms with Gasteiger partial charge in [0.15, 0.2) is 0 Å². The van der Waals surface area contributed by atoms with Crippen LogP contribution in [0, 0.1) is 11.3 Å². The summed E-state index contributed by atoms with van der Waals surface area (Å²) in [7, 11) is -0.648. The maximum atomic E-state index is 12.6. The van der Waals surface area contributed by atoms with Crippen molar-refractivity contribution in [2.75, 3.05) is 14.2 Å². The van der Waals surface area contributed by atoms with Gasteiger partial charge in [0, 0.05) is 13.6 Å². The van der Waals surface area contributed by atoms with Gasteiger partial charge < -0.3 is 4.74 Å². The molecule has 0 aliphatic heterocycles. The molecule has 2 rings (SSSR count). The molecule has 0 atom stereocenters. The van der Waals surface area contributed by atoms with E-state index in [4.69, 9.17) is 10.00 Å². The Hall–Kier alpha value is -2.36. The molecule has 114 valence electrons. The lowest BCUT2D eigenvalue weighted by molar-refractivity contribution is 0.414. The third-order valence-electron chi connectivity index (χ3n) is 3.26. The Kier molecular flexibility index (Phi) is 4.81. The second-order valence-electron chi connectivity index (χ2n) is 4.72. The average Bonchev–Trinajstić information content (AvgIpc) is 2.55. The van der Waals surface area contributed by atoms with Crippen molar-refractivity contribution in [3.63, 3.8) is 0 Å². The molecule has 2 aromatic carbocycles. The fourth-order valence-electron chi connectivity index (χ4n) is 2.02. The molecule has 0 N–H and O–H groups in total. The van der Waals surface area contributed by atoms with E-state index in [1.165, 1.54) is 23.5 Å². The van der Waals surface area contributed by atoms with Gasteiger partial charge in [0.1, 0.15) is 11.8 Å². The quantitative estimate of drug-likeness (QED) is 0.849. The fourth-order valence-corrected chi connectivity index (χ4v) is 3.32. The van der Waals surface area contributed by atoms with Crippen LogP contribution in [0.2, 0.25) is 0 Å². The largest absolute Gasteiger partial charge is 0.497 e. The molecular formula is C16H16N2O3S. The fraction of sp³-hybridized carbons (Fsp3) is 0.188. The van der Waals surface area contributed by atoms with E-state index in [-0.39, 0.29) is 17.0 Å². The Bertz CT molecular complexity index is 793. The number of nitriles is 1. The van der Waals surface area contributed by atoms with E-state index in [2.05, 4.69) is 0 Å². The lowest BCUT2D eigenvalue weighted by atomic mass is 10.2. The Labute approximate surface area is 130 Å². The second-order valence-corrected chi connectivity index (χ2v) is 6.73. The average molecular weight is 316 g/mol. The summed E-state index contributed by atoms with van der Waals surface area (Å²) >= 11 is 0. The van der Waals surface area contributed by atoms with Crippen molar-refractivity contribution in [2.24, 2.45) is 0 Å². The van der Waals surface area contributed by atoms with Crippen molar-refractivity contribution in [1.82, 2.24) is 4.31 Å². The molecule has 6 heteroatoms. The highest BCUT2D eigenvalue weighted by molar-refractivity contribution is 7.89. The summed E-state index contributed by atoms with van der Waals surface area (Å²) in [6.07, 6.45) is 0. The Morgan fingerprint density at radius 3 is 2.36 bits per heavy atom. The van der Waals surface area contributed by atoms with Gasteiger partial charge in [0.2, 0.25) is 10.0 Å². The number of hydrogen-bond donors (Lipinski definition) is 0. The molecule has 5 nitrogen and oxygen atoms in total. The first-order chi connectivity index (χ1) is 10.5. The third kappa shape index (κ3) is 3.27. The molecule has 0 saturated heterocycles. The highest BCUT2D eigenvalue weighted by atomic mass is 32.2. The molecule has 0 aromatic heterocycles. The van der Waals surface area contributed by atoms with Crippen LogP contribution in [0.15, 0.2) is 53.4 Å². The lowest BCUT2D eigenvalue weighted by Gasteiger charge is -2.18. The van der Waals surface area contributed by atoms with Crippen molar-refractivity contribution in [3.8, 4) is 11.8 Å². The zero-order valence-corrected chi connectivity index (χ0v) is 13.2.